The van der Waals surface area contributed by atoms with Crippen molar-refractivity contribution in [3.05, 3.63) is 21.8 Å². The van der Waals surface area contributed by atoms with E-state index < -0.39 is 0 Å². The summed E-state index contributed by atoms with van der Waals surface area (Å²) in [6.07, 6.45) is 2.95. The summed E-state index contributed by atoms with van der Waals surface area (Å²) < 4.78 is 0.747. The highest BCUT2D eigenvalue weighted by molar-refractivity contribution is 9.10. The zero-order valence-electron chi connectivity index (χ0n) is 3.78. The predicted molar refractivity (Wildman–Crippen MR) is 31.1 cm³/mol. The molecule has 0 saturated carbocycles. The summed E-state index contributed by atoms with van der Waals surface area (Å²) in [5.74, 6) is 0. The van der Waals surface area contributed by atoms with Gasteiger partial charge >= 0.3 is 0 Å². The molecule has 0 amide bonds. The zero-order valence-corrected chi connectivity index (χ0v) is 5.37. The molecule has 0 spiro atoms. The fourth-order valence-corrected chi connectivity index (χ4v) is 0.611. The number of nitrogens with zero attached hydrogens (tertiary/aromatic N) is 3. The molecule has 1 aromatic rings. The van der Waals surface area contributed by atoms with Crippen LogP contribution < -0.4 is 0 Å². The number of halogens is 1. The van der Waals surface area contributed by atoms with E-state index in [-0.39, 0.29) is 0 Å². The number of aromatic nitrogens is 2. The molecule has 0 aromatic carbocycles. The lowest BCUT2D eigenvalue weighted by atomic mass is 10.8. The Labute approximate surface area is 53.6 Å². The molecule has 0 radical (unpaired) electrons. The second-order valence-electron chi connectivity index (χ2n) is 1.16. The van der Waals surface area contributed by atoms with E-state index >= 15 is 0 Å². The van der Waals surface area contributed by atoms with E-state index in [0.717, 1.165) is 9.26 Å². The monoisotopic (exact) mass is 175 g/mol. The maximum Gasteiger partial charge on any atom is 0.0797 e. The van der Waals surface area contributed by atoms with Gasteiger partial charge in [-0.15, -0.1) is 9.70 Å². The standard InChI is InChI=1S/C3H2BrN3O/c4-3-1-5-7(2-3)6-8/h1-2H. The van der Waals surface area contributed by atoms with Gasteiger partial charge in [-0.3, -0.25) is 0 Å². The Hall–Kier alpha value is -0.710. The SMILES string of the molecule is O=Nn1cc(Br)cn1. The van der Waals surface area contributed by atoms with Crippen molar-refractivity contribution in [2.24, 2.45) is 5.29 Å². The van der Waals surface area contributed by atoms with Crippen LogP contribution in [0.2, 0.25) is 0 Å². The van der Waals surface area contributed by atoms with Crippen molar-refractivity contribution in [3.63, 3.8) is 0 Å². The normalized spacial score (nSPS) is 9.12. The van der Waals surface area contributed by atoms with Crippen molar-refractivity contribution in [2.75, 3.05) is 0 Å². The highest BCUT2D eigenvalue weighted by atomic mass is 79.9. The first-order valence-electron chi connectivity index (χ1n) is 1.87. The van der Waals surface area contributed by atoms with E-state index in [1.54, 1.807) is 0 Å². The van der Waals surface area contributed by atoms with Crippen LogP contribution in [0, 0.1) is 4.91 Å². The van der Waals surface area contributed by atoms with Crippen molar-refractivity contribution in [3.8, 4) is 0 Å². The summed E-state index contributed by atoms with van der Waals surface area (Å²) in [6.45, 7) is 0. The van der Waals surface area contributed by atoms with Crippen LogP contribution in [0.3, 0.4) is 0 Å². The van der Waals surface area contributed by atoms with Crippen molar-refractivity contribution < 1.29 is 0 Å². The van der Waals surface area contributed by atoms with E-state index in [9.17, 15) is 4.91 Å². The first-order chi connectivity index (χ1) is 3.83. The van der Waals surface area contributed by atoms with Gasteiger partial charge in [-0.05, 0) is 15.9 Å². The minimum Gasteiger partial charge on any atom is -0.155 e. The Morgan fingerprint density at radius 3 is 2.88 bits per heavy atom. The van der Waals surface area contributed by atoms with Gasteiger partial charge < -0.3 is 0 Å². The van der Waals surface area contributed by atoms with E-state index in [4.69, 9.17) is 0 Å². The fraction of sp³-hybridized carbons (Fsp3) is 0. The minimum atomic E-state index is 0.747. The van der Waals surface area contributed by atoms with E-state index in [2.05, 4.69) is 26.3 Å². The third-order valence-electron chi connectivity index (χ3n) is 0.622. The molecule has 1 heterocycles. The van der Waals surface area contributed by atoms with E-state index in [0.29, 0.717) is 0 Å². The molecule has 0 unspecified atom stereocenters. The fourth-order valence-electron chi connectivity index (χ4n) is 0.336. The Kier molecular flexibility index (Phi) is 1.38. The molecule has 0 bridgehead atoms. The zero-order chi connectivity index (χ0) is 5.98. The van der Waals surface area contributed by atoms with Crippen molar-refractivity contribution >= 4 is 15.9 Å². The molecule has 4 nitrogen and oxygen atoms in total. The molecule has 42 valence electrons. The smallest absolute Gasteiger partial charge is 0.0797 e. The summed E-state index contributed by atoms with van der Waals surface area (Å²) >= 11 is 3.09. The van der Waals surface area contributed by atoms with Crippen molar-refractivity contribution in [1.82, 2.24) is 9.89 Å². The quantitative estimate of drug-likeness (QED) is 0.603. The molecular weight excluding hydrogens is 174 g/mol. The lowest BCUT2D eigenvalue weighted by molar-refractivity contribution is 0.732. The van der Waals surface area contributed by atoms with Gasteiger partial charge in [-0.2, -0.15) is 5.10 Å². The minimum absolute atomic E-state index is 0.747. The summed E-state index contributed by atoms with van der Waals surface area (Å²) in [5.41, 5.74) is 0. The Morgan fingerprint density at radius 2 is 2.62 bits per heavy atom. The number of hydrogen-bond acceptors (Lipinski definition) is 3. The molecule has 1 aromatic heterocycles. The number of rotatable bonds is 1. The molecule has 0 aliphatic heterocycles. The Morgan fingerprint density at radius 1 is 1.88 bits per heavy atom. The van der Waals surface area contributed by atoms with Crippen LogP contribution in [0.15, 0.2) is 22.2 Å². The molecule has 0 aliphatic rings. The third kappa shape index (κ3) is 0.919. The van der Waals surface area contributed by atoms with Gasteiger partial charge in [-0.1, -0.05) is 0 Å². The molecule has 0 N–H and O–H groups in total. The van der Waals surface area contributed by atoms with E-state index in [1.165, 1.54) is 12.4 Å². The molecule has 5 heteroatoms. The first-order valence-corrected chi connectivity index (χ1v) is 2.66. The van der Waals surface area contributed by atoms with E-state index in [1.807, 2.05) is 0 Å². The topological polar surface area (TPSA) is 47.2 Å². The van der Waals surface area contributed by atoms with Gasteiger partial charge in [-0.25, -0.2) is 0 Å². The summed E-state index contributed by atoms with van der Waals surface area (Å²) in [5, 5.41) is 6.04. The maximum atomic E-state index is 9.65. The number of nitroso groups, excluding NO2 is 1. The predicted octanol–water partition coefficient (Wildman–Crippen LogP) is 1.18. The van der Waals surface area contributed by atoms with Crippen LogP contribution in [0.5, 0.6) is 0 Å². The molecule has 0 aliphatic carbocycles. The van der Waals surface area contributed by atoms with Gasteiger partial charge in [0, 0.05) is 0 Å². The van der Waals surface area contributed by atoms with Crippen LogP contribution in [0.25, 0.3) is 0 Å². The average molecular weight is 176 g/mol. The molecule has 1 rings (SSSR count). The van der Waals surface area contributed by atoms with Crippen LogP contribution in [-0.4, -0.2) is 9.89 Å². The molecule has 0 atom stereocenters. The van der Waals surface area contributed by atoms with Crippen molar-refractivity contribution in [2.45, 2.75) is 0 Å². The Bertz CT molecular complexity index is 196. The van der Waals surface area contributed by atoms with Gasteiger partial charge in [0.15, 0.2) is 0 Å². The first kappa shape index (κ1) is 5.43. The highest BCUT2D eigenvalue weighted by Crippen LogP contribution is 2.04. The summed E-state index contributed by atoms with van der Waals surface area (Å²) in [7, 11) is 0. The van der Waals surface area contributed by atoms with Gasteiger partial charge in [0.1, 0.15) is 0 Å². The second-order valence-corrected chi connectivity index (χ2v) is 2.08. The Balaban J connectivity index is 3.00. The molecule has 0 saturated heterocycles. The maximum absolute atomic E-state index is 9.65. The second kappa shape index (κ2) is 2.04. The lowest BCUT2D eigenvalue weighted by Crippen LogP contribution is -1.82. The molecular formula is C3H2BrN3O. The molecule has 0 fully saturated rings. The van der Waals surface area contributed by atoms with Gasteiger partial charge in [0.05, 0.1) is 22.2 Å². The highest BCUT2D eigenvalue weighted by Gasteiger charge is 1.89. The lowest BCUT2D eigenvalue weighted by Gasteiger charge is -1.74. The average Bonchev–Trinajstić information content (AvgIpc) is 2.14. The number of hydrogen-bond donors (Lipinski definition) is 0. The van der Waals surface area contributed by atoms with Crippen LogP contribution in [0.4, 0.5) is 0 Å². The van der Waals surface area contributed by atoms with Crippen LogP contribution >= 0.6 is 15.9 Å². The third-order valence-corrected chi connectivity index (χ3v) is 1.03. The van der Waals surface area contributed by atoms with Crippen molar-refractivity contribution in [1.29, 1.82) is 0 Å². The largest absolute Gasteiger partial charge is 0.155 e. The van der Waals surface area contributed by atoms with Gasteiger partial charge in [0.25, 0.3) is 0 Å². The van der Waals surface area contributed by atoms with Crippen LogP contribution in [-0.2, 0) is 0 Å². The summed E-state index contributed by atoms with van der Waals surface area (Å²) in [6, 6.07) is 0. The molecule has 8 heavy (non-hydrogen) atoms. The summed E-state index contributed by atoms with van der Waals surface area (Å²) in [4.78, 5) is 10.6. The van der Waals surface area contributed by atoms with Gasteiger partial charge in [0.2, 0.25) is 0 Å². The van der Waals surface area contributed by atoms with Crippen LogP contribution in [0.1, 0.15) is 0 Å².